The number of phenolic OH excluding ortho intramolecular Hbond substituents is 6. The number of nitrogens with two attached hydrogens (primary N) is 2. The van der Waals surface area contributed by atoms with E-state index in [1.807, 2.05) is 101 Å². The van der Waals surface area contributed by atoms with Gasteiger partial charge in [0.15, 0.2) is 23.1 Å². The monoisotopic (exact) mass is 1680 g/mol. The van der Waals surface area contributed by atoms with Gasteiger partial charge in [0.1, 0.15) is 62.8 Å². The summed E-state index contributed by atoms with van der Waals surface area (Å²) < 4.78 is 20.4. The molecule has 0 fully saturated rings. The largest absolute Gasteiger partial charge is 0.508 e. The minimum absolute atomic E-state index is 0.0391. The van der Waals surface area contributed by atoms with E-state index in [2.05, 4.69) is 70.0 Å². The molecule has 0 aliphatic rings. The van der Waals surface area contributed by atoms with Crippen molar-refractivity contribution >= 4 is 139 Å². The molecule has 0 aliphatic carbocycles. The fourth-order valence-electron chi connectivity index (χ4n) is 12.0. The number of aliphatic hydroxyl groups is 1. The summed E-state index contributed by atoms with van der Waals surface area (Å²) in [5.74, 6) is 1.51. The Kier molecular flexibility index (Phi) is 26.4. The summed E-state index contributed by atoms with van der Waals surface area (Å²) in [6.07, 6.45) is 14.8. The number of anilines is 2. The number of carbonyl (C=O) groups excluding carboxylic acids is 3. The normalized spacial score (nSPS) is 11.3. The van der Waals surface area contributed by atoms with Crippen molar-refractivity contribution in [3.05, 3.63) is 228 Å². The van der Waals surface area contributed by atoms with Gasteiger partial charge in [0.05, 0.1) is 44.2 Å². The lowest BCUT2D eigenvalue weighted by molar-refractivity contribution is 0.103. The molecule has 0 radical (unpaired) electrons. The molecule has 8 aromatic carbocycles. The van der Waals surface area contributed by atoms with Gasteiger partial charge in [0.25, 0.3) is 0 Å². The summed E-state index contributed by atoms with van der Waals surface area (Å²) in [7, 11) is 0. The fraction of sp³-hybridized carbons (Fsp3) is 0.278. The lowest BCUT2D eigenvalue weighted by Crippen LogP contribution is -2.06. The molecule has 98 heavy (non-hydrogen) atoms. The molecule has 0 bridgehead atoms. The number of furan rings is 3. The van der Waals surface area contributed by atoms with E-state index >= 15 is 0 Å². The number of ketones is 3. The van der Waals surface area contributed by atoms with E-state index in [1.54, 1.807) is 48.5 Å². The van der Waals surface area contributed by atoms with Gasteiger partial charge in [-0.05, 0) is 248 Å². The van der Waals surface area contributed by atoms with Crippen LogP contribution in [0.15, 0.2) is 156 Å². The van der Waals surface area contributed by atoms with Gasteiger partial charge in [-0.25, -0.2) is 0 Å². The molecular weight excluding hydrogens is 1600 g/mol. The molecule has 0 aliphatic heterocycles. The first-order valence-electron chi connectivity index (χ1n) is 33.0. The van der Waals surface area contributed by atoms with Gasteiger partial charge >= 0.3 is 0 Å². The quantitative estimate of drug-likeness (QED) is 0.00761. The minimum Gasteiger partial charge on any atom is -0.508 e. The Morgan fingerprint density at radius 2 is 0.765 bits per heavy atom. The predicted molar refractivity (Wildman–Crippen MR) is 411 cm³/mol. The van der Waals surface area contributed by atoms with Crippen molar-refractivity contribution in [2.45, 2.75) is 136 Å². The van der Waals surface area contributed by atoms with Crippen LogP contribution in [0.2, 0.25) is 0 Å². The van der Waals surface area contributed by atoms with Gasteiger partial charge in [0.2, 0.25) is 0 Å². The average Bonchev–Trinajstić information content (AvgIpc) is 1.60. The number of nitrogen functional groups attached to an aromatic ring is 2. The maximum Gasteiger partial charge on any atom is 0.197 e. The number of rotatable bonds is 27. The van der Waals surface area contributed by atoms with Crippen LogP contribution in [-0.2, 0) is 51.4 Å². The third kappa shape index (κ3) is 18.0. The van der Waals surface area contributed by atoms with E-state index in [9.17, 15) is 45.0 Å². The number of aromatic hydroxyl groups is 6. The number of halogens is 4. The number of phenols is 6. The Hall–Kier alpha value is -7.83. The highest BCUT2D eigenvalue weighted by molar-refractivity contribution is 14.1. The van der Waals surface area contributed by atoms with E-state index < -0.39 is 0 Å². The molecule has 512 valence electrons. The van der Waals surface area contributed by atoms with Crippen molar-refractivity contribution in [2.75, 3.05) is 18.1 Å². The van der Waals surface area contributed by atoms with E-state index in [1.165, 1.54) is 23.3 Å². The lowest BCUT2D eigenvalue weighted by Gasteiger charge is -2.08. The van der Waals surface area contributed by atoms with E-state index in [0.29, 0.717) is 139 Å². The second-order valence-corrected chi connectivity index (χ2v) is 28.4. The van der Waals surface area contributed by atoms with Crippen molar-refractivity contribution in [3.8, 4) is 34.5 Å². The van der Waals surface area contributed by atoms with Crippen molar-refractivity contribution < 1.29 is 63.4 Å². The van der Waals surface area contributed by atoms with Crippen molar-refractivity contribution in [2.24, 2.45) is 0 Å². The maximum absolute atomic E-state index is 13.7. The molecule has 0 saturated heterocycles. The summed E-state index contributed by atoms with van der Waals surface area (Å²) >= 11 is 10.6. The van der Waals surface area contributed by atoms with Crippen LogP contribution in [0.5, 0.6) is 34.5 Å². The van der Waals surface area contributed by atoms with Crippen LogP contribution in [0.4, 0.5) is 11.4 Å². The number of hydrogen-bond donors (Lipinski definition) is 9. The fourth-order valence-corrected chi connectivity index (χ4v) is 15.0. The number of unbranched alkanes of at least 4 members (excludes halogenated alkanes) is 5. The average molecular weight is 1680 g/mol. The van der Waals surface area contributed by atoms with Crippen LogP contribution in [-0.4, -0.2) is 59.7 Å². The molecule has 11 N–H and O–H groups in total. The Labute approximate surface area is 613 Å². The van der Waals surface area contributed by atoms with Gasteiger partial charge in [0, 0.05) is 58.7 Å². The molecule has 0 spiro atoms. The summed E-state index contributed by atoms with van der Waals surface area (Å²) in [4.78, 5) is 40.5. The van der Waals surface area contributed by atoms with Gasteiger partial charge in [-0.1, -0.05) is 107 Å². The zero-order chi connectivity index (χ0) is 70.3. The van der Waals surface area contributed by atoms with Crippen molar-refractivity contribution in [3.63, 3.8) is 0 Å². The maximum atomic E-state index is 13.7. The molecule has 3 aromatic heterocycles. The Morgan fingerprint density at radius 1 is 0.408 bits per heavy atom. The Morgan fingerprint density at radius 3 is 1.15 bits per heavy atom. The molecule has 15 nitrogen and oxygen atoms in total. The summed E-state index contributed by atoms with van der Waals surface area (Å²) in [6, 6.07) is 40.3. The first kappa shape index (κ1) is 74.4. The second-order valence-electron chi connectivity index (χ2n) is 24.3. The number of fused-ring (bicyclic) bond motifs is 3. The minimum atomic E-state index is -0.301. The number of aryl methyl sites for hydroxylation is 8. The van der Waals surface area contributed by atoms with Crippen LogP contribution in [0.3, 0.4) is 0 Å². The van der Waals surface area contributed by atoms with Crippen LogP contribution in [0.25, 0.3) is 32.9 Å². The Balaban J connectivity index is 0.000000173. The highest BCUT2D eigenvalue weighted by atomic mass is 127. The summed E-state index contributed by atoms with van der Waals surface area (Å²) in [6.45, 7) is 6.29. The van der Waals surface area contributed by atoms with Gasteiger partial charge in [-0.3, -0.25) is 14.4 Å². The topological polar surface area (TPSA) is 284 Å². The van der Waals surface area contributed by atoms with Crippen molar-refractivity contribution in [1.82, 2.24) is 0 Å². The van der Waals surface area contributed by atoms with Crippen LogP contribution < -0.4 is 11.5 Å². The van der Waals surface area contributed by atoms with E-state index in [-0.39, 0.29) is 75.4 Å². The van der Waals surface area contributed by atoms with Gasteiger partial charge in [-0.2, -0.15) is 0 Å². The van der Waals surface area contributed by atoms with E-state index in [0.717, 1.165) is 87.3 Å². The zero-order valence-corrected chi connectivity index (χ0v) is 62.4. The third-order valence-electron chi connectivity index (χ3n) is 17.3. The number of carbonyl (C=O) groups is 3. The summed E-state index contributed by atoms with van der Waals surface area (Å²) in [5, 5.41) is 72.7. The number of hydrogen-bond acceptors (Lipinski definition) is 15. The molecule has 0 saturated carbocycles. The highest BCUT2D eigenvalue weighted by Crippen LogP contribution is 2.41. The lowest BCUT2D eigenvalue weighted by atomic mass is 9.95. The smallest absolute Gasteiger partial charge is 0.197 e. The first-order chi connectivity index (χ1) is 47.1. The standard InChI is InChI=1S/C29H28Br2O4.C29H32N2O4.C21H20I2O5/c2*1-2-3-5-13-25-27(28(33)20-14-22(30)29(34)23(31)15-20)21-17-24(32)19(16-26(21)35-25)12-8-11-18-9-6-4-7-10-18;1-2-17-19(20(26)12-7-14(22)21(27)15(23)8-12)13-10-16(25)11(5-3-4-6-24)9-18(13)28-17/h4,6-7,9-10,14-17,32,34H,2-3,5,8,11-13H2,1H3;4,6-7,9-10,14-17,32,34H,2-3,5,8,11-13,30-31H2,1H3;7-10,24-25,27H,2-6H2,1H3. The molecule has 19 heteroatoms. The number of aliphatic hydroxyl groups excluding tert-OH is 1. The predicted octanol–water partition coefficient (Wildman–Crippen LogP) is 19.8. The van der Waals surface area contributed by atoms with Crippen LogP contribution in [0, 0.1) is 7.14 Å². The second kappa shape index (κ2) is 34.8. The molecule has 0 amide bonds. The highest BCUT2D eigenvalue weighted by Gasteiger charge is 2.28. The molecule has 11 rings (SSSR count). The van der Waals surface area contributed by atoms with Gasteiger partial charge < -0.3 is 60.5 Å². The molecule has 11 aromatic rings. The molecule has 0 atom stereocenters. The SMILES string of the molecule is CCCCCc1oc2cc(CCCc3ccccc3)c(O)cc2c1C(=O)c1cc(Br)c(O)c(Br)c1.CCCCCc1oc2cc(CCCc3ccccc3)c(O)cc2c1C(=O)c1cc(N)c(O)c(N)c1.CCc1oc2cc(CCCCO)c(O)cc2c1C(=O)c1cc(I)c(O)c(I)c1. The zero-order valence-electron chi connectivity index (χ0n) is 54.9. The molecular formula is C79H80Br2I2N2O13. The summed E-state index contributed by atoms with van der Waals surface area (Å²) in [5.41, 5.74) is 20.9. The first-order valence-corrected chi connectivity index (χ1v) is 36.8. The molecule has 0 unspecified atom stereocenters. The Bertz CT molecular complexity index is 4380. The third-order valence-corrected chi connectivity index (χ3v) is 20.1. The van der Waals surface area contributed by atoms with Crippen LogP contribution in [0.1, 0.15) is 178 Å². The van der Waals surface area contributed by atoms with Crippen LogP contribution >= 0.6 is 77.0 Å². The van der Waals surface area contributed by atoms with E-state index in [4.69, 9.17) is 29.8 Å². The number of benzene rings is 8. The molecule has 3 heterocycles. The van der Waals surface area contributed by atoms with Crippen molar-refractivity contribution in [1.29, 1.82) is 0 Å². The van der Waals surface area contributed by atoms with Gasteiger partial charge in [-0.15, -0.1) is 0 Å².